The van der Waals surface area contributed by atoms with Gasteiger partial charge in [-0.05, 0) is 12.8 Å². The topological polar surface area (TPSA) is 21.3 Å². The molecule has 0 amide bonds. The van der Waals surface area contributed by atoms with E-state index >= 15 is 0 Å². The van der Waals surface area contributed by atoms with Crippen LogP contribution in [0.15, 0.2) is 0 Å². The lowest BCUT2D eigenvalue weighted by Crippen LogP contribution is -2.46. The van der Waals surface area contributed by atoms with Gasteiger partial charge in [0.2, 0.25) is 0 Å². The number of methoxy groups -OCH3 is 1. The molecular weight excluding hydrogens is 238 g/mol. The zero-order valence-electron chi connectivity index (χ0n) is 10.1. The van der Waals surface area contributed by atoms with E-state index in [0.29, 0.717) is 12.1 Å². The van der Waals surface area contributed by atoms with Crippen molar-refractivity contribution in [1.82, 2.24) is 5.32 Å². The summed E-state index contributed by atoms with van der Waals surface area (Å²) in [6, 6.07) is 0.603. The minimum Gasteiger partial charge on any atom is -0.380 e. The Kier molecular flexibility index (Phi) is 5.83. The van der Waals surface area contributed by atoms with Crippen molar-refractivity contribution in [2.75, 3.05) is 30.9 Å². The minimum absolute atomic E-state index is 0.454. The second-order valence-corrected chi connectivity index (χ2v) is 7.20. The number of ether oxygens (including phenoxy) is 1. The smallest absolute Gasteiger partial charge is 0.0724 e. The summed E-state index contributed by atoms with van der Waals surface area (Å²) in [6.07, 6.45) is 5.69. The highest BCUT2D eigenvalue weighted by atomic mass is 32.2. The second-order valence-electron chi connectivity index (χ2n) is 4.64. The third-order valence-corrected chi connectivity index (χ3v) is 6.34. The zero-order chi connectivity index (χ0) is 11.2. The molecule has 0 spiro atoms. The third-order valence-electron chi connectivity index (χ3n) is 3.50. The maximum atomic E-state index is 5.57. The largest absolute Gasteiger partial charge is 0.380 e. The SMILES string of the molecule is COC1CCCCC1NCC1CSCCS1. The van der Waals surface area contributed by atoms with Crippen LogP contribution in [0, 0.1) is 0 Å². The summed E-state index contributed by atoms with van der Waals surface area (Å²) >= 11 is 4.24. The molecule has 0 aromatic heterocycles. The average molecular weight is 261 g/mol. The molecule has 2 fully saturated rings. The van der Waals surface area contributed by atoms with Gasteiger partial charge in [-0.2, -0.15) is 23.5 Å². The van der Waals surface area contributed by atoms with E-state index in [4.69, 9.17) is 4.74 Å². The van der Waals surface area contributed by atoms with Crippen molar-refractivity contribution in [2.45, 2.75) is 43.1 Å². The van der Waals surface area contributed by atoms with Gasteiger partial charge in [-0.1, -0.05) is 12.8 Å². The van der Waals surface area contributed by atoms with Gasteiger partial charge in [0.05, 0.1) is 6.10 Å². The lowest BCUT2D eigenvalue weighted by molar-refractivity contribution is 0.0422. The van der Waals surface area contributed by atoms with Gasteiger partial charge in [0.1, 0.15) is 0 Å². The van der Waals surface area contributed by atoms with Crippen LogP contribution < -0.4 is 5.32 Å². The number of thioether (sulfide) groups is 2. The Morgan fingerprint density at radius 2 is 2.12 bits per heavy atom. The summed E-state index contributed by atoms with van der Waals surface area (Å²) in [4.78, 5) is 0. The molecule has 3 atom stereocenters. The molecular formula is C12H23NOS2. The molecule has 0 aromatic rings. The summed E-state index contributed by atoms with van der Waals surface area (Å²) in [6.45, 7) is 1.17. The normalized spacial score (nSPS) is 36.2. The molecule has 1 aliphatic heterocycles. The lowest BCUT2D eigenvalue weighted by Gasteiger charge is -2.33. The quantitative estimate of drug-likeness (QED) is 0.838. The minimum atomic E-state index is 0.454. The van der Waals surface area contributed by atoms with E-state index in [0.717, 1.165) is 5.25 Å². The van der Waals surface area contributed by atoms with Crippen LogP contribution in [0.3, 0.4) is 0 Å². The maximum absolute atomic E-state index is 5.57. The van der Waals surface area contributed by atoms with E-state index in [9.17, 15) is 0 Å². The van der Waals surface area contributed by atoms with Gasteiger partial charge >= 0.3 is 0 Å². The molecule has 1 heterocycles. The Bertz CT molecular complexity index is 197. The first-order valence-corrected chi connectivity index (χ1v) is 8.56. The number of hydrogen-bond donors (Lipinski definition) is 1. The molecule has 2 aliphatic rings. The summed E-state index contributed by atoms with van der Waals surface area (Å²) in [5.41, 5.74) is 0. The fraction of sp³-hybridized carbons (Fsp3) is 1.00. The molecule has 1 N–H and O–H groups in total. The monoisotopic (exact) mass is 261 g/mol. The van der Waals surface area contributed by atoms with Gasteiger partial charge < -0.3 is 10.1 Å². The molecule has 0 aromatic carbocycles. The Balaban J connectivity index is 1.70. The van der Waals surface area contributed by atoms with Gasteiger partial charge in [-0.25, -0.2) is 0 Å². The first-order valence-electron chi connectivity index (χ1n) is 6.35. The third kappa shape index (κ3) is 3.83. The number of hydrogen-bond acceptors (Lipinski definition) is 4. The molecule has 1 aliphatic carbocycles. The highest BCUT2D eigenvalue weighted by Crippen LogP contribution is 2.25. The van der Waals surface area contributed by atoms with Crippen LogP contribution in [0.4, 0.5) is 0 Å². The summed E-state index contributed by atoms with van der Waals surface area (Å²) in [5.74, 6) is 3.99. The van der Waals surface area contributed by atoms with Crippen molar-refractivity contribution in [2.24, 2.45) is 0 Å². The molecule has 4 heteroatoms. The summed E-state index contributed by atoms with van der Waals surface area (Å²) < 4.78 is 5.57. The molecule has 2 rings (SSSR count). The van der Waals surface area contributed by atoms with Crippen LogP contribution in [0.1, 0.15) is 25.7 Å². The van der Waals surface area contributed by atoms with Crippen molar-refractivity contribution in [3.63, 3.8) is 0 Å². The Labute approximate surface area is 108 Å². The molecule has 0 bridgehead atoms. The average Bonchev–Trinajstić information content (AvgIpc) is 2.38. The molecule has 0 radical (unpaired) electrons. The second kappa shape index (κ2) is 7.14. The van der Waals surface area contributed by atoms with E-state index < -0.39 is 0 Å². The molecule has 16 heavy (non-hydrogen) atoms. The maximum Gasteiger partial charge on any atom is 0.0724 e. The fourth-order valence-corrected chi connectivity index (χ4v) is 5.17. The van der Waals surface area contributed by atoms with Crippen LogP contribution in [-0.4, -0.2) is 48.3 Å². The van der Waals surface area contributed by atoms with Gasteiger partial charge in [0.25, 0.3) is 0 Å². The summed E-state index contributed by atoms with van der Waals surface area (Å²) in [5, 5.41) is 4.55. The number of rotatable bonds is 4. The Morgan fingerprint density at radius 1 is 1.25 bits per heavy atom. The van der Waals surface area contributed by atoms with E-state index in [1.54, 1.807) is 0 Å². The molecule has 2 nitrogen and oxygen atoms in total. The highest BCUT2D eigenvalue weighted by molar-refractivity contribution is 8.06. The van der Waals surface area contributed by atoms with Crippen LogP contribution >= 0.6 is 23.5 Å². The lowest BCUT2D eigenvalue weighted by atomic mass is 9.92. The molecule has 3 unspecified atom stereocenters. The van der Waals surface area contributed by atoms with E-state index in [1.807, 2.05) is 7.11 Å². The summed E-state index contributed by atoms with van der Waals surface area (Å²) in [7, 11) is 1.86. The van der Waals surface area contributed by atoms with Crippen molar-refractivity contribution >= 4 is 23.5 Å². The van der Waals surface area contributed by atoms with E-state index in [2.05, 4.69) is 28.8 Å². The predicted molar refractivity (Wildman–Crippen MR) is 74.6 cm³/mol. The predicted octanol–water partition coefficient (Wildman–Crippen LogP) is 2.38. The van der Waals surface area contributed by atoms with Gasteiger partial charge in [-0.15, -0.1) is 0 Å². The van der Waals surface area contributed by atoms with Crippen molar-refractivity contribution in [3.8, 4) is 0 Å². The Hall–Kier alpha value is 0.620. The van der Waals surface area contributed by atoms with Gasteiger partial charge in [0.15, 0.2) is 0 Å². The van der Waals surface area contributed by atoms with Crippen LogP contribution in [0.25, 0.3) is 0 Å². The zero-order valence-corrected chi connectivity index (χ0v) is 11.7. The van der Waals surface area contributed by atoms with Gasteiger partial charge in [0, 0.05) is 42.2 Å². The van der Waals surface area contributed by atoms with Gasteiger partial charge in [-0.3, -0.25) is 0 Å². The van der Waals surface area contributed by atoms with E-state index in [1.165, 1.54) is 49.5 Å². The standard InChI is InChI=1S/C12H23NOS2/c1-14-12-5-3-2-4-11(12)13-8-10-9-15-6-7-16-10/h10-13H,2-9H2,1H3. The molecule has 1 saturated carbocycles. The first kappa shape index (κ1) is 13.1. The fourth-order valence-electron chi connectivity index (χ4n) is 2.55. The van der Waals surface area contributed by atoms with Crippen LogP contribution in [-0.2, 0) is 4.74 Å². The molecule has 94 valence electrons. The van der Waals surface area contributed by atoms with Crippen molar-refractivity contribution in [3.05, 3.63) is 0 Å². The Morgan fingerprint density at radius 3 is 2.88 bits per heavy atom. The molecule has 1 saturated heterocycles. The van der Waals surface area contributed by atoms with Crippen LogP contribution in [0.5, 0.6) is 0 Å². The highest BCUT2D eigenvalue weighted by Gasteiger charge is 2.25. The van der Waals surface area contributed by atoms with Crippen molar-refractivity contribution < 1.29 is 4.74 Å². The number of nitrogens with one attached hydrogen (secondary N) is 1. The van der Waals surface area contributed by atoms with Crippen LogP contribution in [0.2, 0.25) is 0 Å². The first-order chi connectivity index (χ1) is 7.90. The van der Waals surface area contributed by atoms with Crippen molar-refractivity contribution in [1.29, 1.82) is 0 Å². The van der Waals surface area contributed by atoms with E-state index in [-0.39, 0.29) is 0 Å².